The minimum absolute atomic E-state index is 0.525. The van der Waals surface area contributed by atoms with Gasteiger partial charge in [-0.3, -0.25) is 0 Å². The van der Waals surface area contributed by atoms with E-state index in [1.165, 1.54) is 6.42 Å². The minimum Gasteiger partial charge on any atom is -0.493 e. The molecule has 1 aliphatic heterocycles. The highest BCUT2D eigenvalue weighted by atomic mass is 16.6. The first-order valence-corrected chi connectivity index (χ1v) is 15.5. The van der Waals surface area contributed by atoms with Crippen molar-refractivity contribution in [2.24, 2.45) is 0 Å². The predicted molar refractivity (Wildman–Crippen MR) is 179 cm³/mol. The molecule has 10 heteroatoms. The molecule has 10 nitrogen and oxygen atoms in total. The second-order valence-corrected chi connectivity index (χ2v) is 10.7. The third kappa shape index (κ3) is 9.37. The Labute approximate surface area is 269 Å². The van der Waals surface area contributed by atoms with Crippen LogP contribution in [0.2, 0.25) is 0 Å². The summed E-state index contributed by atoms with van der Waals surface area (Å²) in [7, 11) is 12.9. The molecule has 0 bridgehead atoms. The molecule has 0 atom stereocenters. The molecule has 2 aromatic rings. The summed E-state index contributed by atoms with van der Waals surface area (Å²) in [6.45, 7) is 6.66. The van der Waals surface area contributed by atoms with Gasteiger partial charge < -0.3 is 47.7 Å². The van der Waals surface area contributed by atoms with E-state index in [2.05, 4.69) is 34.1 Å². The lowest BCUT2D eigenvalue weighted by Crippen LogP contribution is -2.31. The monoisotopic (exact) mass is 628 g/mol. The molecular formula is C35H52N2O8. The van der Waals surface area contributed by atoms with E-state index in [1.54, 1.807) is 56.9 Å². The number of nitrogens with zero attached hydrogens (tertiary/aromatic N) is 2. The second kappa shape index (κ2) is 18.9. The fraction of sp³-hybridized carbons (Fsp3) is 0.543. The zero-order chi connectivity index (χ0) is 32.6. The van der Waals surface area contributed by atoms with Crippen molar-refractivity contribution in [3.05, 3.63) is 35.4 Å². The molecule has 0 spiro atoms. The summed E-state index contributed by atoms with van der Waals surface area (Å²) in [6.07, 6.45) is 13.8. The summed E-state index contributed by atoms with van der Waals surface area (Å²) in [6, 6.07) is 3.83. The van der Waals surface area contributed by atoms with Gasteiger partial charge in [0, 0.05) is 24.2 Å². The van der Waals surface area contributed by atoms with Crippen LogP contribution < -0.4 is 37.9 Å². The van der Waals surface area contributed by atoms with Gasteiger partial charge in [0.2, 0.25) is 23.0 Å². The first-order valence-electron chi connectivity index (χ1n) is 15.5. The van der Waals surface area contributed by atoms with Crippen molar-refractivity contribution in [1.82, 2.24) is 9.80 Å². The standard InChI is InChI=1S/C35H52N2O8/c1-38-28-24-26(30(40-3)34(44-7)32(28)42-5)16-11-9-13-18-36-20-15-21-37(23-22-36)19-14-10-12-17-27-25-29(39-2)33(43-6)35(45-8)31(27)41-4/h11-12,16-17,24-25H,9-10,13-15,18-23H2,1-8H3/b16-11+,17-12+. The van der Waals surface area contributed by atoms with Gasteiger partial charge in [0.05, 0.1) is 56.9 Å². The van der Waals surface area contributed by atoms with Gasteiger partial charge in [-0.05, 0) is 70.4 Å². The zero-order valence-corrected chi connectivity index (χ0v) is 28.4. The molecule has 1 aliphatic rings. The smallest absolute Gasteiger partial charge is 0.207 e. The maximum Gasteiger partial charge on any atom is 0.207 e. The van der Waals surface area contributed by atoms with Gasteiger partial charge in [-0.1, -0.05) is 24.3 Å². The summed E-state index contributed by atoms with van der Waals surface area (Å²) in [5.74, 6) is 4.60. The van der Waals surface area contributed by atoms with Crippen LogP contribution in [0.5, 0.6) is 46.0 Å². The maximum atomic E-state index is 5.63. The molecule has 3 rings (SSSR count). The van der Waals surface area contributed by atoms with Crippen molar-refractivity contribution in [3.8, 4) is 46.0 Å². The first kappa shape index (κ1) is 35.7. The van der Waals surface area contributed by atoms with Crippen molar-refractivity contribution in [2.45, 2.75) is 32.1 Å². The van der Waals surface area contributed by atoms with Crippen LogP contribution in [0.1, 0.15) is 43.2 Å². The fourth-order valence-corrected chi connectivity index (χ4v) is 5.72. The molecular weight excluding hydrogens is 576 g/mol. The average molecular weight is 629 g/mol. The summed E-state index contributed by atoms with van der Waals surface area (Å²) >= 11 is 0. The number of rotatable bonds is 18. The third-order valence-electron chi connectivity index (χ3n) is 8.00. The van der Waals surface area contributed by atoms with E-state index < -0.39 is 0 Å². The van der Waals surface area contributed by atoms with E-state index in [1.807, 2.05) is 12.1 Å². The number of unbranched alkanes of at least 4 members (excludes halogenated alkanes) is 2. The fourth-order valence-electron chi connectivity index (χ4n) is 5.72. The van der Waals surface area contributed by atoms with Crippen LogP contribution in [0.3, 0.4) is 0 Å². The number of hydrogen-bond donors (Lipinski definition) is 0. The summed E-state index contributed by atoms with van der Waals surface area (Å²) in [5.41, 5.74) is 1.80. The Hall–Kier alpha value is -3.76. The van der Waals surface area contributed by atoms with Crippen molar-refractivity contribution >= 4 is 12.2 Å². The molecule has 1 heterocycles. The van der Waals surface area contributed by atoms with Crippen molar-refractivity contribution in [1.29, 1.82) is 0 Å². The van der Waals surface area contributed by atoms with Crippen LogP contribution >= 0.6 is 0 Å². The summed E-state index contributed by atoms with van der Waals surface area (Å²) < 4.78 is 44.4. The molecule has 0 saturated carbocycles. The van der Waals surface area contributed by atoms with E-state index in [0.717, 1.165) is 76.1 Å². The van der Waals surface area contributed by atoms with Crippen LogP contribution in [0.4, 0.5) is 0 Å². The maximum absolute atomic E-state index is 5.63. The Morgan fingerprint density at radius 1 is 0.489 bits per heavy atom. The normalized spacial score (nSPS) is 14.4. The van der Waals surface area contributed by atoms with Gasteiger partial charge >= 0.3 is 0 Å². The molecule has 2 aromatic carbocycles. The predicted octanol–water partition coefficient (Wildman–Crippen LogP) is 6.05. The van der Waals surface area contributed by atoms with Gasteiger partial charge in [0.25, 0.3) is 0 Å². The van der Waals surface area contributed by atoms with Crippen molar-refractivity contribution in [2.75, 3.05) is 96.1 Å². The van der Waals surface area contributed by atoms with E-state index in [9.17, 15) is 0 Å². The number of allylic oxidation sites excluding steroid dienone is 2. The van der Waals surface area contributed by atoms with Gasteiger partial charge in [-0.25, -0.2) is 0 Å². The van der Waals surface area contributed by atoms with Crippen LogP contribution in [0.15, 0.2) is 24.3 Å². The second-order valence-electron chi connectivity index (χ2n) is 10.7. The Morgan fingerprint density at radius 2 is 0.867 bits per heavy atom. The lowest BCUT2D eigenvalue weighted by molar-refractivity contribution is 0.254. The Morgan fingerprint density at radius 3 is 1.20 bits per heavy atom. The lowest BCUT2D eigenvalue weighted by Gasteiger charge is -2.21. The Bertz CT molecular complexity index is 1170. The first-order chi connectivity index (χ1) is 22.0. The summed E-state index contributed by atoms with van der Waals surface area (Å²) in [5, 5.41) is 0. The number of ether oxygens (including phenoxy) is 8. The van der Waals surface area contributed by atoms with Crippen molar-refractivity contribution in [3.63, 3.8) is 0 Å². The highest BCUT2D eigenvalue weighted by Crippen LogP contribution is 2.48. The molecule has 0 unspecified atom stereocenters. The molecule has 0 amide bonds. The lowest BCUT2D eigenvalue weighted by atomic mass is 10.1. The van der Waals surface area contributed by atoms with E-state index in [0.29, 0.717) is 46.0 Å². The SMILES string of the molecule is COc1cc(/C=C/CCCN2CCCN(CCC/C=C/c3cc(OC)c(OC)c(OC)c3OC)CC2)c(OC)c(OC)c1OC. The number of benzene rings is 2. The molecule has 45 heavy (non-hydrogen) atoms. The van der Waals surface area contributed by atoms with Crippen LogP contribution in [-0.2, 0) is 0 Å². The largest absolute Gasteiger partial charge is 0.493 e. The molecule has 0 N–H and O–H groups in total. The quantitative estimate of drug-likeness (QED) is 0.182. The molecule has 0 radical (unpaired) electrons. The average Bonchev–Trinajstić information content (AvgIpc) is 3.31. The third-order valence-corrected chi connectivity index (χ3v) is 8.00. The van der Waals surface area contributed by atoms with E-state index >= 15 is 0 Å². The molecule has 0 aliphatic carbocycles. The van der Waals surface area contributed by atoms with Gasteiger partial charge in [-0.15, -0.1) is 0 Å². The minimum atomic E-state index is 0.525. The van der Waals surface area contributed by atoms with E-state index in [-0.39, 0.29) is 0 Å². The Balaban J connectivity index is 1.45. The summed E-state index contributed by atoms with van der Waals surface area (Å²) in [4.78, 5) is 5.18. The number of hydrogen-bond acceptors (Lipinski definition) is 10. The van der Waals surface area contributed by atoms with Crippen molar-refractivity contribution < 1.29 is 37.9 Å². The Kier molecular flexibility index (Phi) is 15.0. The molecule has 1 fully saturated rings. The van der Waals surface area contributed by atoms with Gasteiger partial charge in [0.15, 0.2) is 23.0 Å². The molecule has 250 valence electrons. The van der Waals surface area contributed by atoms with E-state index in [4.69, 9.17) is 37.9 Å². The molecule has 0 aromatic heterocycles. The van der Waals surface area contributed by atoms with Crippen LogP contribution in [0.25, 0.3) is 12.2 Å². The van der Waals surface area contributed by atoms with Gasteiger partial charge in [-0.2, -0.15) is 0 Å². The number of methoxy groups -OCH3 is 8. The molecule has 1 saturated heterocycles. The zero-order valence-electron chi connectivity index (χ0n) is 28.4. The highest BCUT2D eigenvalue weighted by molar-refractivity contribution is 5.72. The topological polar surface area (TPSA) is 80.3 Å². The van der Waals surface area contributed by atoms with Gasteiger partial charge in [0.1, 0.15) is 0 Å². The highest BCUT2D eigenvalue weighted by Gasteiger charge is 2.21. The van der Waals surface area contributed by atoms with Crippen LogP contribution in [-0.4, -0.2) is 106 Å². The van der Waals surface area contributed by atoms with Crippen LogP contribution in [0, 0.1) is 0 Å².